The summed E-state index contributed by atoms with van der Waals surface area (Å²) in [5.41, 5.74) is 8.89. The summed E-state index contributed by atoms with van der Waals surface area (Å²) >= 11 is 0. The molecule has 0 atom stereocenters. The van der Waals surface area contributed by atoms with Crippen molar-refractivity contribution in [3.8, 4) is 56.8 Å². The second kappa shape index (κ2) is 11.3. The normalized spacial score (nSPS) is 11.6. The number of furan rings is 2. The summed E-state index contributed by atoms with van der Waals surface area (Å²) in [5, 5.41) is 2.77. The molecule has 10 rings (SSSR count). The molecular weight excluding hydrogens is 619 g/mol. The van der Waals surface area contributed by atoms with Gasteiger partial charge < -0.3 is 8.83 Å². The van der Waals surface area contributed by atoms with E-state index < -0.39 is 0 Å². The minimum Gasteiger partial charge on any atom is -0.456 e. The van der Waals surface area contributed by atoms with E-state index in [1.54, 1.807) is 0 Å². The van der Waals surface area contributed by atoms with E-state index in [2.05, 4.69) is 6.07 Å². The molecule has 4 aromatic heterocycles. The zero-order chi connectivity index (χ0) is 33.0. The average Bonchev–Trinajstić information content (AvgIpc) is 3.76. The van der Waals surface area contributed by atoms with E-state index >= 15 is 0 Å². The number of fused-ring (bicyclic) bond motifs is 6. The quantitative estimate of drug-likeness (QED) is 0.184. The Balaban J connectivity index is 1.20. The first kappa shape index (κ1) is 28.1. The van der Waals surface area contributed by atoms with Crippen LogP contribution in [-0.4, -0.2) is 24.9 Å². The van der Waals surface area contributed by atoms with Gasteiger partial charge in [0.2, 0.25) is 0 Å². The van der Waals surface area contributed by atoms with Crippen LogP contribution in [0, 0.1) is 0 Å². The van der Waals surface area contributed by atoms with Crippen molar-refractivity contribution in [1.82, 2.24) is 24.9 Å². The molecule has 0 amide bonds. The summed E-state index contributed by atoms with van der Waals surface area (Å²) in [5.74, 6) is 2.37. The number of para-hydroxylation sites is 1. The lowest BCUT2D eigenvalue weighted by Crippen LogP contribution is -2.00. The first-order valence-electron chi connectivity index (χ1n) is 16.3. The van der Waals surface area contributed by atoms with Gasteiger partial charge in [-0.15, -0.1) is 0 Å². The lowest BCUT2D eigenvalue weighted by atomic mass is 10.0. The summed E-state index contributed by atoms with van der Waals surface area (Å²) < 4.78 is 12.8. The zero-order valence-corrected chi connectivity index (χ0v) is 26.5. The van der Waals surface area contributed by atoms with Crippen molar-refractivity contribution in [2.24, 2.45) is 0 Å². The van der Waals surface area contributed by atoms with E-state index in [0.29, 0.717) is 28.9 Å². The Morgan fingerprint density at radius 2 is 0.940 bits per heavy atom. The predicted octanol–water partition coefficient (Wildman–Crippen LogP) is 10.8. The fourth-order valence-electron chi connectivity index (χ4n) is 6.59. The maximum absolute atomic E-state index is 6.42. The van der Waals surface area contributed by atoms with Crippen LogP contribution in [0.3, 0.4) is 0 Å². The van der Waals surface area contributed by atoms with Crippen molar-refractivity contribution < 1.29 is 8.83 Å². The van der Waals surface area contributed by atoms with Gasteiger partial charge in [-0.1, -0.05) is 115 Å². The molecule has 0 bridgehead atoms. The van der Waals surface area contributed by atoms with Crippen LogP contribution in [0.4, 0.5) is 0 Å². The van der Waals surface area contributed by atoms with Gasteiger partial charge >= 0.3 is 0 Å². The van der Waals surface area contributed by atoms with E-state index in [9.17, 15) is 0 Å². The molecular formula is C43H25N5O2. The summed E-state index contributed by atoms with van der Waals surface area (Å²) in [6.07, 6.45) is 0. The van der Waals surface area contributed by atoms with Gasteiger partial charge in [0.05, 0.1) is 0 Å². The smallest absolute Gasteiger partial charge is 0.180 e. The van der Waals surface area contributed by atoms with Gasteiger partial charge in [-0.05, 0) is 36.4 Å². The van der Waals surface area contributed by atoms with Gasteiger partial charge in [-0.2, -0.15) is 0 Å². The predicted molar refractivity (Wildman–Crippen MR) is 197 cm³/mol. The third kappa shape index (κ3) is 4.64. The van der Waals surface area contributed by atoms with Crippen molar-refractivity contribution >= 4 is 44.0 Å². The molecule has 50 heavy (non-hydrogen) atoms. The molecule has 0 spiro atoms. The molecule has 4 heterocycles. The highest BCUT2D eigenvalue weighted by Gasteiger charge is 2.21. The number of rotatable bonds is 5. The molecule has 0 fully saturated rings. The molecule has 0 saturated carbocycles. The lowest BCUT2D eigenvalue weighted by molar-refractivity contribution is 0.667. The molecule has 0 aliphatic carbocycles. The largest absolute Gasteiger partial charge is 0.456 e. The second-order valence-electron chi connectivity index (χ2n) is 12.1. The molecule has 7 nitrogen and oxygen atoms in total. The van der Waals surface area contributed by atoms with Crippen molar-refractivity contribution in [1.29, 1.82) is 0 Å². The van der Waals surface area contributed by atoms with E-state index in [1.165, 1.54) is 0 Å². The minimum atomic E-state index is 0.570. The van der Waals surface area contributed by atoms with Crippen LogP contribution < -0.4 is 0 Å². The molecule has 0 aliphatic heterocycles. The highest BCUT2D eigenvalue weighted by Crippen LogP contribution is 2.40. The Kier molecular flexibility index (Phi) is 6.35. The molecule has 10 aromatic rings. The SMILES string of the molecule is c1ccc(-c2nc(-c3ccccc3)nc(-c3ccc4oc5cccc(-c6nc(-c7ccccc7)c7oc8ccccc8c7n6)c5c4c3)n2)cc1. The Labute approximate surface area is 285 Å². The number of hydrogen-bond donors (Lipinski definition) is 0. The molecule has 0 aliphatic rings. The van der Waals surface area contributed by atoms with Crippen LogP contribution in [0.25, 0.3) is 101 Å². The Morgan fingerprint density at radius 1 is 0.360 bits per heavy atom. The molecule has 0 N–H and O–H groups in total. The molecule has 0 radical (unpaired) electrons. The van der Waals surface area contributed by atoms with E-state index in [-0.39, 0.29) is 0 Å². The van der Waals surface area contributed by atoms with Gasteiger partial charge in [0.1, 0.15) is 28.0 Å². The summed E-state index contributed by atoms with van der Waals surface area (Å²) in [6.45, 7) is 0. The fourth-order valence-corrected chi connectivity index (χ4v) is 6.59. The van der Waals surface area contributed by atoms with Crippen LogP contribution in [0.1, 0.15) is 0 Å². The Bertz CT molecular complexity index is 2810. The maximum Gasteiger partial charge on any atom is 0.180 e. The fraction of sp³-hybridized carbons (Fsp3) is 0. The summed E-state index contributed by atoms with van der Waals surface area (Å²) in [7, 11) is 0. The number of nitrogens with zero attached hydrogens (tertiary/aromatic N) is 5. The van der Waals surface area contributed by atoms with Crippen molar-refractivity contribution in [2.75, 3.05) is 0 Å². The number of aromatic nitrogens is 5. The standard InChI is InChI=1S/C43H25N5O2/c1-4-13-26(14-5-1)37-39-38(30-19-10-11-21-33(30)50-39)45-43(44-37)31-20-12-22-35-36(31)32-25-29(23-24-34(32)49-35)42-47-40(27-15-6-2-7-16-27)46-41(48-42)28-17-8-3-9-18-28/h1-25H. The van der Waals surface area contributed by atoms with Crippen LogP contribution >= 0.6 is 0 Å². The van der Waals surface area contributed by atoms with Crippen molar-refractivity contribution in [3.63, 3.8) is 0 Å². The molecule has 6 aromatic carbocycles. The minimum absolute atomic E-state index is 0.570. The molecule has 7 heteroatoms. The number of hydrogen-bond acceptors (Lipinski definition) is 7. The average molecular weight is 644 g/mol. The molecule has 234 valence electrons. The van der Waals surface area contributed by atoms with Crippen LogP contribution in [0.2, 0.25) is 0 Å². The van der Waals surface area contributed by atoms with E-state index in [4.69, 9.17) is 33.8 Å². The highest BCUT2D eigenvalue weighted by molar-refractivity contribution is 6.14. The van der Waals surface area contributed by atoms with Crippen LogP contribution in [-0.2, 0) is 0 Å². The molecule has 0 unspecified atom stereocenters. The topological polar surface area (TPSA) is 90.7 Å². The van der Waals surface area contributed by atoms with Crippen LogP contribution in [0.5, 0.6) is 0 Å². The van der Waals surface area contributed by atoms with Gasteiger partial charge in [-0.25, -0.2) is 24.9 Å². The first-order chi connectivity index (χ1) is 24.8. The van der Waals surface area contributed by atoms with Gasteiger partial charge in [-0.3, -0.25) is 0 Å². The maximum atomic E-state index is 6.42. The molecule has 0 saturated heterocycles. The number of benzene rings is 6. The third-order valence-corrected chi connectivity index (χ3v) is 8.96. The van der Waals surface area contributed by atoms with E-state index in [1.807, 2.05) is 146 Å². The van der Waals surface area contributed by atoms with E-state index in [0.717, 1.165) is 71.9 Å². The van der Waals surface area contributed by atoms with Gasteiger partial charge in [0.15, 0.2) is 28.9 Å². The zero-order valence-electron chi connectivity index (χ0n) is 26.5. The van der Waals surface area contributed by atoms with Crippen molar-refractivity contribution in [3.05, 3.63) is 152 Å². The van der Waals surface area contributed by atoms with Gasteiger partial charge in [0.25, 0.3) is 0 Å². The van der Waals surface area contributed by atoms with Crippen molar-refractivity contribution in [2.45, 2.75) is 0 Å². The first-order valence-corrected chi connectivity index (χ1v) is 16.3. The highest BCUT2D eigenvalue weighted by atomic mass is 16.3. The van der Waals surface area contributed by atoms with Gasteiger partial charge in [0, 0.05) is 44.0 Å². The summed E-state index contributed by atoms with van der Waals surface area (Å²) in [6, 6.07) is 50.1. The second-order valence-corrected chi connectivity index (χ2v) is 12.1. The Hall–Kier alpha value is -6.99. The third-order valence-electron chi connectivity index (χ3n) is 8.96. The summed E-state index contributed by atoms with van der Waals surface area (Å²) in [4.78, 5) is 25.1. The Morgan fingerprint density at radius 3 is 1.64 bits per heavy atom. The monoisotopic (exact) mass is 643 g/mol. The lowest BCUT2D eigenvalue weighted by Gasteiger charge is -2.09. The van der Waals surface area contributed by atoms with Crippen LogP contribution in [0.15, 0.2) is 160 Å².